The Bertz CT molecular complexity index is 1320. The van der Waals surface area contributed by atoms with Gasteiger partial charge in [0.2, 0.25) is 11.9 Å². The van der Waals surface area contributed by atoms with Gasteiger partial charge in [-0.3, -0.25) is 14.3 Å². The van der Waals surface area contributed by atoms with Gasteiger partial charge in [-0.05, 0) is 37.5 Å². The Kier molecular flexibility index (Phi) is 8.74. The van der Waals surface area contributed by atoms with Crippen LogP contribution < -0.4 is 25.0 Å². The van der Waals surface area contributed by atoms with Gasteiger partial charge in [0.15, 0.2) is 11.5 Å². The minimum absolute atomic E-state index is 0.164. The molecule has 1 unspecified atom stereocenters. The maximum atomic E-state index is 13.7. The van der Waals surface area contributed by atoms with Crippen molar-refractivity contribution in [1.82, 2.24) is 35.1 Å². The molecule has 0 bridgehead atoms. The summed E-state index contributed by atoms with van der Waals surface area (Å²) in [6, 6.07) is 7.12. The van der Waals surface area contributed by atoms with E-state index in [4.69, 9.17) is 14.5 Å². The molecule has 2 N–H and O–H groups in total. The number of urea groups is 1. The van der Waals surface area contributed by atoms with Crippen LogP contribution in [-0.2, 0) is 11.2 Å². The van der Waals surface area contributed by atoms with Gasteiger partial charge in [-0.15, -0.1) is 0 Å². The molecular weight excluding hydrogens is 512 g/mol. The van der Waals surface area contributed by atoms with Gasteiger partial charge < -0.3 is 25.0 Å². The Labute approximate surface area is 233 Å². The van der Waals surface area contributed by atoms with E-state index in [9.17, 15) is 9.59 Å². The van der Waals surface area contributed by atoms with E-state index < -0.39 is 0 Å². The fourth-order valence-corrected chi connectivity index (χ4v) is 4.88. The van der Waals surface area contributed by atoms with Crippen molar-refractivity contribution >= 4 is 17.8 Å². The van der Waals surface area contributed by atoms with Crippen LogP contribution in [0.5, 0.6) is 11.5 Å². The molecule has 3 amide bonds. The Morgan fingerprint density at radius 1 is 1.18 bits per heavy atom. The number of aryl methyl sites for hydroxylation is 1. The Morgan fingerprint density at radius 3 is 2.83 bits per heavy atom. The Balaban J connectivity index is 1.32. The highest BCUT2D eigenvalue weighted by atomic mass is 16.6. The molecule has 0 aliphatic carbocycles. The Morgan fingerprint density at radius 2 is 2.02 bits per heavy atom. The van der Waals surface area contributed by atoms with E-state index >= 15 is 0 Å². The fourth-order valence-electron chi connectivity index (χ4n) is 4.88. The second-order valence-electron chi connectivity index (χ2n) is 9.90. The van der Waals surface area contributed by atoms with Crippen LogP contribution in [0.4, 0.5) is 10.6 Å². The summed E-state index contributed by atoms with van der Waals surface area (Å²) in [6.07, 6.45) is 6.59. The molecule has 1 aromatic carbocycles. The van der Waals surface area contributed by atoms with Crippen LogP contribution in [0.25, 0.3) is 5.95 Å². The molecule has 2 aliphatic heterocycles. The lowest BCUT2D eigenvalue weighted by molar-refractivity contribution is -0.128. The van der Waals surface area contributed by atoms with E-state index in [1.807, 2.05) is 38.1 Å². The summed E-state index contributed by atoms with van der Waals surface area (Å²) in [4.78, 5) is 43.7. The molecule has 1 fully saturated rings. The molecule has 3 aromatic rings. The van der Waals surface area contributed by atoms with Crippen LogP contribution in [0.15, 0.2) is 43.0 Å². The van der Waals surface area contributed by atoms with E-state index in [0.717, 1.165) is 30.0 Å². The van der Waals surface area contributed by atoms with Crippen molar-refractivity contribution in [3.05, 3.63) is 54.2 Å². The third-order valence-electron chi connectivity index (χ3n) is 6.92. The standard InChI is InChI=1S/C28H36N8O4/c1-3-7-31-28(38)36(10-6-21-4-5-23-24(16-21)40-14-13-39-23)26(37)17-22-18-29-9-12-35(22)25-15-20(2)32-27(33-25)34-11-8-30-19-34/h4-5,8,11,15-16,19,22,29H,3,6-7,9-10,12-14,17-18H2,1-2H3,(H,31,38). The third kappa shape index (κ3) is 6.50. The first kappa shape index (κ1) is 27.4. The molecule has 0 spiro atoms. The molecule has 1 atom stereocenters. The molecule has 12 nitrogen and oxygen atoms in total. The van der Waals surface area contributed by atoms with Crippen molar-refractivity contribution in [2.45, 2.75) is 39.2 Å². The predicted octanol–water partition coefficient (Wildman–Crippen LogP) is 2.10. The van der Waals surface area contributed by atoms with Gasteiger partial charge in [0, 0.05) is 63.3 Å². The number of nitrogens with zero attached hydrogens (tertiary/aromatic N) is 6. The molecular formula is C28H36N8O4. The summed E-state index contributed by atoms with van der Waals surface area (Å²) in [6.45, 7) is 7.73. The number of fused-ring (bicyclic) bond motifs is 1. The van der Waals surface area contributed by atoms with E-state index in [1.165, 1.54) is 4.90 Å². The average Bonchev–Trinajstić information content (AvgIpc) is 3.51. The number of nitrogens with one attached hydrogen (secondary N) is 2. The van der Waals surface area contributed by atoms with Gasteiger partial charge in [0.1, 0.15) is 25.4 Å². The smallest absolute Gasteiger partial charge is 0.324 e. The van der Waals surface area contributed by atoms with Crippen LogP contribution in [0.3, 0.4) is 0 Å². The molecule has 40 heavy (non-hydrogen) atoms. The van der Waals surface area contributed by atoms with Crippen molar-refractivity contribution < 1.29 is 19.1 Å². The molecule has 5 rings (SSSR count). The third-order valence-corrected chi connectivity index (χ3v) is 6.92. The summed E-state index contributed by atoms with van der Waals surface area (Å²) in [5, 5.41) is 6.26. The second-order valence-corrected chi connectivity index (χ2v) is 9.90. The molecule has 4 heterocycles. The molecule has 212 valence electrons. The van der Waals surface area contributed by atoms with Gasteiger partial charge in [-0.25, -0.2) is 14.8 Å². The molecule has 1 saturated heterocycles. The van der Waals surface area contributed by atoms with Gasteiger partial charge in [0.05, 0.1) is 6.04 Å². The largest absolute Gasteiger partial charge is 0.486 e. The first-order chi connectivity index (χ1) is 19.5. The SMILES string of the molecule is CCCNC(=O)N(CCc1ccc2c(c1)OCCO2)C(=O)CC1CNCCN1c1cc(C)nc(-n2ccnc2)n1. The number of rotatable bonds is 9. The molecule has 12 heteroatoms. The van der Waals surface area contributed by atoms with Crippen LogP contribution >= 0.6 is 0 Å². The van der Waals surface area contributed by atoms with E-state index in [-0.39, 0.29) is 30.9 Å². The minimum atomic E-state index is -0.375. The zero-order valence-corrected chi connectivity index (χ0v) is 23.0. The van der Waals surface area contributed by atoms with Crippen molar-refractivity contribution in [2.75, 3.05) is 50.8 Å². The number of anilines is 1. The highest BCUT2D eigenvalue weighted by Gasteiger charge is 2.30. The van der Waals surface area contributed by atoms with Crippen molar-refractivity contribution in [3.8, 4) is 17.4 Å². The van der Waals surface area contributed by atoms with E-state index in [1.54, 1.807) is 23.3 Å². The topological polar surface area (TPSA) is 127 Å². The van der Waals surface area contributed by atoms with E-state index in [2.05, 4.69) is 25.5 Å². The Hall–Kier alpha value is -4.19. The number of hydrogen-bond donors (Lipinski definition) is 2. The normalized spacial score (nSPS) is 16.4. The molecule has 0 radical (unpaired) electrons. The quantitative estimate of drug-likeness (QED) is 0.413. The van der Waals surface area contributed by atoms with Crippen LogP contribution in [0.1, 0.15) is 31.0 Å². The van der Waals surface area contributed by atoms with Gasteiger partial charge in [0.25, 0.3) is 0 Å². The maximum Gasteiger partial charge on any atom is 0.324 e. The number of benzene rings is 1. The first-order valence-corrected chi connectivity index (χ1v) is 13.8. The highest BCUT2D eigenvalue weighted by molar-refractivity contribution is 5.95. The van der Waals surface area contributed by atoms with Gasteiger partial charge >= 0.3 is 6.03 Å². The second kappa shape index (κ2) is 12.8. The van der Waals surface area contributed by atoms with Crippen LogP contribution in [0.2, 0.25) is 0 Å². The minimum Gasteiger partial charge on any atom is -0.486 e. The lowest BCUT2D eigenvalue weighted by atomic mass is 10.1. The van der Waals surface area contributed by atoms with Gasteiger partial charge in [-0.2, -0.15) is 4.98 Å². The number of ether oxygens (including phenoxy) is 2. The maximum absolute atomic E-state index is 13.7. The zero-order chi connectivity index (χ0) is 27.9. The number of carbonyl (C=O) groups is 2. The number of hydrogen-bond acceptors (Lipinski definition) is 9. The number of piperazine rings is 1. The average molecular weight is 549 g/mol. The van der Waals surface area contributed by atoms with Crippen molar-refractivity contribution in [3.63, 3.8) is 0 Å². The zero-order valence-electron chi connectivity index (χ0n) is 23.0. The summed E-state index contributed by atoms with van der Waals surface area (Å²) in [5.74, 6) is 2.44. The lowest BCUT2D eigenvalue weighted by Crippen LogP contribution is -2.55. The van der Waals surface area contributed by atoms with Crippen molar-refractivity contribution in [2.24, 2.45) is 0 Å². The van der Waals surface area contributed by atoms with Crippen molar-refractivity contribution in [1.29, 1.82) is 0 Å². The fraction of sp³-hybridized carbons (Fsp3) is 0.464. The highest BCUT2D eigenvalue weighted by Crippen LogP contribution is 2.31. The van der Waals surface area contributed by atoms with E-state index in [0.29, 0.717) is 56.7 Å². The summed E-state index contributed by atoms with van der Waals surface area (Å²) < 4.78 is 13.1. The summed E-state index contributed by atoms with van der Waals surface area (Å²) in [7, 11) is 0. The number of imidazole rings is 1. The number of aromatic nitrogens is 4. The molecule has 0 saturated carbocycles. The summed E-state index contributed by atoms with van der Waals surface area (Å²) >= 11 is 0. The van der Waals surface area contributed by atoms with Gasteiger partial charge in [-0.1, -0.05) is 13.0 Å². The molecule has 2 aliphatic rings. The lowest BCUT2D eigenvalue weighted by Gasteiger charge is -2.37. The number of carbonyl (C=O) groups excluding carboxylic acids is 2. The molecule has 2 aromatic heterocycles. The number of amides is 3. The summed E-state index contributed by atoms with van der Waals surface area (Å²) in [5.41, 5.74) is 1.78. The predicted molar refractivity (Wildman–Crippen MR) is 149 cm³/mol. The first-order valence-electron chi connectivity index (χ1n) is 13.8. The number of imide groups is 1. The van der Waals surface area contributed by atoms with Crippen LogP contribution in [0, 0.1) is 6.92 Å². The monoisotopic (exact) mass is 548 g/mol. The van der Waals surface area contributed by atoms with Crippen LogP contribution in [-0.4, -0.2) is 88.3 Å².